The van der Waals surface area contributed by atoms with Crippen molar-refractivity contribution in [2.75, 3.05) is 18.0 Å². The quantitative estimate of drug-likeness (QED) is 0.532. The molecule has 5 nitrogen and oxygen atoms in total. The second-order valence-electron chi connectivity index (χ2n) is 8.97. The molecule has 1 aliphatic heterocycles. The zero-order valence-electron chi connectivity index (χ0n) is 18.7. The number of alkyl halides is 3. The Morgan fingerprint density at radius 1 is 1.29 bits per heavy atom. The number of rotatable bonds is 5. The minimum atomic E-state index is -4.24. The van der Waals surface area contributed by atoms with Gasteiger partial charge in [0.2, 0.25) is 0 Å². The first-order valence-electron chi connectivity index (χ1n) is 11.3. The molecule has 1 fully saturated rings. The standard InChI is InChI=1S/C25H24F3N5S/c1-15-18(5-4-17-7-16(11-29)8-21(15)17)12-30-19-3-2-6-33(13-19)23-22-9-20(10-25(26,27)28)34-24(22)32-14-31-23/h4-5,8-9,14,19,30H,2-3,6-7,10,12-13H2,1H3. The molecule has 9 heteroatoms. The highest BCUT2D eigenvalue weighted by Gasteiger charge is 2.30. The molecule has 3 aromatic rings. The van der Waals surface area contributed by atoms with Crippen LogP contribution in [0.25, 0.3) is 16.3 Å². The number of piperidine rings is 1. The second kappa shape index (κ2) is 9.01. The molecule has 1 aliphatic carbocycles. The Bertz CT molecular complexity index is 1300. The maximum absolute atomic E-state index is 12.9. The van der Waals surface area contributed by atoms with Gasteiger partial charge in [-0.15, -0.1) is 11.3 Å². The predicted molar refractivity (Wildman–Crippen MR) is 128 cm³/mol. The Morgan fingerprint density at radius 3 is 2.94 bits per heavy atom. The van der Waals surface area contributed by atoms with Gasteiger partial charge in [-0.3, -0.25) is 0 Å². The van der Waals surface area contributed by atoms with E-state index >= 15 is 0 Å². The number of halogens is 3. The highest BCUT2D eigenvalue weighted by molar-refractivity contribution is 7.18. The molecule has 0 saturated carbocycles. The van der Waals surface area contributed by atoms with E-state index in [2.05, 4.69) is 45.3 Å². The zero-order chi connectivity index (χ0) is 23.9. The summed E-state index contributed by atoms with van der Waals surface area (Å²) in [7, 11) is 0. The van der Waals surface area contributed by atoms with E-state index in [-0.39, 0.29) is 10.9 Å². The van der Waals surface area contributed by atoms with Gasteiger partial charge in [0.1, 0.15) is 17.0 Å². The third-order valence-electron chi connectivity index (χ3n) is 6.60. The van der Waals surface area contributed by atoms with Crippen LogP contribution < -0.4 is 10.2 Å². The van der Waals surface area contributed by atoms with E-state index < -0.39 is 12.6 Å². The molecule has 1 saturated heterocycles. The number of hydrogen-bond acceptors (Lipinski definition) is 6. The third-order valence-corrected chi connectivity index (χ3v) is 7.64. The maximum Gasteiger partial charge on any atom is 0.393 e. The third kappa shape index (κ3) is 4.65. The highest BCUT2D eigenvalue weighted by Crippen LogP contribution is 2.35. The molecular formula is C25H24F3N5S. The van der Waals surface area contributed by atoms with Crippen molar-refractivity contribution in [2.45, 2.75) is 51.4 Å². The number of nitriles is 1. The van der Waals surface area contributed by atoms with Crippen molar-refractivity contribution in [3.05, 3.63) is 57.2 Å². The van der Waals surface area contributed by atoms with Crippen molar-refractivity contribution in [1.29, 1.82) is 5.26 Å². The first-order valence-corrected chi connectivity index (χ1v) is 12.1. The molecule has 3 heterocycles. The molecule has 5 rings (SSSR count). The van der Waals surface area contributed by atoms with Crippen molar-refractivity contribution < 1.29 is 13.2 Å². The molecular weight excluding hydrogens is 459 g/mol. The zero-order valence-corrected chi connectivity index (χ0v) is 19.6. The number of allylic oxidation sites excluding steroid dienone is 1. The van der Waals surface area contributed by atoms with E-state index in [9.17, 15) is 18.4 Å². The molecule has 1 N–H and O–H groups in total. The SMILES string of the molecule is Cc1c(CNC2CCCN(c3ncnc4sc(CC(F)(F)F)cc34)C2)ccc2c1C=C(C#N)C2. The number of aromatic nitrogens is 2. The summed E-state index contributed by atoms with van der Waals surface area (Å²) >= 11 is 1.09. The lowest BCUT2D eigenvalue weighted by Crippen LogP contribution is -2.46. The summed E-state index contributed by atoms with van der Waals surface area (Å²) in [5.74, 6) is 0.712. The second-order valence-corrected chi connectivity index (χ2v) is 10.1. The average Bonchev–Trinajstić information content (AvgIpc) is 3.41. The first-order chi connectivity index (χ1) is 16.3. The molecule has 2 aliphatic rings. The monoisotopic (exact) mass is 483 g/mol. The fourth-order valence-electron chi connectivity index (χ4n) is 4.90. The minimum absolute atomic E-state index is 0.241. The van der Waals surface area contributed by atoms with Crippen LogP contribution in [0.4, 0.5) is 19.0 Å². The summed E-state index contributed by atoms with van der Waals surface area (Å²) in [6, 6.07) is 8.34. The van der Waals surface area contributed by atoms with E-state index in [0.29, 0.717) is 22.5 Å². The van der Waals surface area contributed by atoms with Crippen molar-refractivity contribution in [2.24, 2.45) is 0 Å². The van der Waals surface area contributed by atoms with Gasteiger partial charge in [0.05, 0.1) is 17.9 Å². The number of nitrogens with zero attached hydrogens (tertiary/aromatic N) is 4. The summed E-state index contributed by atoms with van der Waals surface area (Å²) in [6.07, 6.45) is 0.957. The normalized spacial score (nSPS) is 18.1. The van der Waals surface area contributed by atoms with Crippen LogP contribution in [0.2, 0.25) is 0 Å². The molecule has 1 unspecified atom stereocenters. The Balaban J connectivity index is 1.30. The molecule has 2 aromatic heterocycles. The maximum atomic E-state index is 12.9. The van der Waals surface area contributed by atoms with E-state index in [1.165, 1.54) is 23.0 Å². The van der Waals surface area contributed by atoms with Crippen LogP contribution in [0, 0.1) is 18.3 Å². The van der Waals surface area contributed by atoms with Gasteiger partial charge < -0.3 is 10.2 Å². The summed E-state index contributed by atoms with van der Waals surface area (Å²) in [6.45, 7) is 4.38. The molecule has 1 atom stereocenters. The number of thiophene rings is 1. The van der Waals surface area contributed by atoms with Crippen molar-refractivity contribution in [3.8, 4) is 6.07 Å². The van der Waals surface area contributed by atoms with E-state index in [1.807, 2.05) is 6.08 Å². The summed E-state index contributed by atoms with van der Waals surface area (Å²) in [5, 5.41) is 13.6. The van der Waals surface area contributed by atoms with Crippen LogP contribution in [-0.2, 0) is 19.4 Å². The van der Waals surface area contributed by atoms with Crippen LogP contribution in [0.15, 0.2) is 30.1 Å². The van der Waals surface area contributed by atoms with Crippen molar-refractivity contribution in [1.82, 2.24) is 15.3 Å². The lowest BCUT2D eigenvalue weighted by Gasteiger charge is -2.34. The smallest absolute Gasteiger partial charge is 0.354 e. The van der Waals surface area contributed by atoms with Crippen molar-refractivity contribution >= 4 is 33.4 Å². The fraction of sp³-hybridized carbons (Fsp3) is 0.400. The molecule has 1 aromatic carbocycles. The Labute approximate surface area is 199 Å². The van der Waals surface area contributed by atoms with Crippen LogP contribution in [-0.4, -0.2) is 35.3 Å². The van der Waals surface area contributed by atoms with E-state index in [4.69, 9.17) is 0 Å². The Morgan fingerprint density at radius 2 is 2.15 bits per heavy atom. The molecule has 0 radical (unpaired) electrons. The van der Waals surface area contributed by atoms with Gasteiger partial charge in [0.15, 0.2) is 0 Å². The van der Waals surface area contributed by atoms with Crippen LogP contribution in [0.3, 0.4) is 0 Å². The molecule has 34 heavy (non-hydrogen) atoms. The van der Waals surface area contributed by atoms with Gasteiger partial charge in [-0.2, -0.15) is 18.4 Å². The minimum Gasteiger partial charge on any atom is -0.354 e. The van der Waals surface area contributed by atoms with Gasteiger partial charge in [0.25, 0.3) is 0 Å². The van der Waals surface area contributed by atoms with Crippen LogP contribution in [0.1, 0.15) is 40.0 Å². The molecule has 0 spiro atoms. The Hall–Kier alpha value is -2.96. The fourth-order valence-corrected chi connectivity index (χ4v) is 5.92. The lowest BCUT2D eigenvalue weighted by atomic mass is 9.98. The molecule has 0 bridgehead atoms. The number of fused-ring (bicyclic) bond motifs is 2. The van der Waals surface area contributed by atoms with Crippen molar-refractivity contribution in [3.63, 3.8) is 0 Å². The van der Waals surface area contributed by atoms with E-state index in [1.54, 1.807) is 6.07 Å². The number of hydrogen-bond donors (Lipinski definition) is 1. The number of anilines is 1. The van der Waals surface area contributed by atoms with Gasteiger partial charge >= 0.3 is 6.18 Å². The number of nitrogens with one attached hydrogen (secondary N) is 1. The topological polar surface area (TPSA) is 64.8 Å². The lowest BCUT2D eigenvalue weighted by molar-refractivity contribution is -0.126. The van der Waals surface area contributed by atoms with Gasteiger partial charge in [-0.05, 0) is 54.2 Å². The van der Waals surface area contributed by atoms with Gasteiger partial charge in [0, 0.05) is 42.5 Å². The summed E-state index contributed by atoms with van der Waals surface area (Å²) < 4.78 is 38.6. The average molecular weight is 484 g/mol. The Kier molecular flexibility index (Phi) is 6.04. The van der Waals surface area contributed by atoms with Crippen LogP contribution >= 0.6 is 11.3 Å². The van der Waals surface area contributed by atoms with E-state index in [0.717, 1.165) is 54.9 Å². The largest absolute Gasteiger partial charge is 0.393 e. The predicted octanol–water partition coefficient (Wildman–Crippen LogP) is 5.33. The summed E-state index contributed by atoms with van der Waals surface area (Å²) in [5.41, 5.74) is 5.59. The first kappa shape index (κ1) is 22.8. The number of benzene rings is 1. The summed E-state index contributed by atoms with van der Waals surface area (Å²) in [4.78, 5) is 11.7. The molecule has 0 amide bonds. The van der Waals surface area contributed by atoms with Gasteiger partial charge in [-0.1, -0.05) is 12.1 Å². The van der Waals surface area contributed by atoms with Crippen LogP contribution in [0.5, 0.6) is 0 Å². The van der Waals surface area contributed by atoms with Gasteiger partial charge in [-0.25, -0.2) is 9.97 Å². The highest BCUT2D eigenvalue weighted by atomic mass is 32.1. The molecule has 176 valence electrons.